The van der Waals surface area contributed by atoms with E-state index in [1.54, 1.807) is 12.1 Å². The minimum absolute atomic E-state index is 0.0273. The van der Waals surface area contributed by atoms with Crippen LogP contribution in [0.5, 0.6) is 0 Å². The first-order valence-corrected chi connectivity index (χ1v) is 8.43. The van der Waals surface area contributed by atoms with Gasteiger partial charge in [-0.2, -0.15) is 0 Å². The van der Waals surface area contributed by atoms with Crippen molar-refractivity contribution in [1.82, 2.24) is 4.98 Å². The normalized spacial score (nSPS) is 11.4. The number of thiazole rings is 1. The van der Waals surface area contributed by atoms with Crippen molar-refractivity contribution in [3.63, 3.8) is 0 Å². The number of nitrogens with one attached hydrogen (secondary N) is 1. The molecule has 1 aromatic carbocycles. The number of carbonyl (C=O) groups is 1. The van der Waals surface area contributed by atoms with Crippen LogP contribution in [0, 0.1) is 13.8 Å². The number of primary sulfonamides is 1. The third-order valence-electron chi connectivity index (χ3n) is 2.76. The summed E-state index contributed by atoms with van der Waals surface area (Å²) in [5.74, 6) is -0.284. The highest BCUT2D eigenvalue weighted by Gasteiger charge is 2.19. The number of aromatic nitrogens is 1. The number of amides is 1. The first-order chi connectivity index (χ1) is 9.68. The van der Waals surface area contributed by atoms with Crippen molar-refractivity contribution in [3.05, 3.63) is 28.9 Å². The Hall–Kier alpha value is -1.77. The summed E-state index contributed by atoms with van der Waals surface area (Å²) in [6.45, 7) is 5.01. The van der Waals surface area contributed by atoms with Crippen LogP contribution in [-0.2, 0) is 14.8 Å². The molecule has 1 aromatic heterocycles. The third kappa shape index (κ3) is 3.46. The molecule has 0 unspecified atom stereocenters. The lowest BCUT2D eigenvalue weighted by Crippen LogP contribution is -2.14. The number of anilines is 1. The molecule has 0 bridgehead atoms. The number of aryl methyl sites for hydroxylation is 2. The topological polar surface area (TPSA) is 102 Å². The molecule has 0 aliphatic carbocycles. The van der Waals surface area contributed by atoms with Crippen molar-refractivity contribution in [2.45, 2.75) is 25.7 Å². The van der Waals surface area contributed by atoms with Crippen LogP contribution in [-0.4, -0.2) is 19.3 Å². The second kappa shape index (κ2) is 5.55. The zero-order valence-corrected chi connectivity index (χ0v) is 13.4. The van der Waals surface area contributed by atoms with E-state index in [1.807, 2.05) is 13.8 Å². The first kappa shape index (κ1) is 15.6. The predicted molar refractivity (Wildman–Crippen MR) is 82.7 cm³/mol. The second-order valence-corrected chi connectivity index (χ2v) is 7.32. The highest BCUT2D eigenvalue weighted by atomic mass is 32.2. The van der Waals surface area contributed by atoms with Gasteiger partial charge in [-0.15, -0.1) is 11.3 Å². The molecule has 8 heteroatoms. The highest BCUT2D eigenvalue weighted by Crippen LogP contribution is 2.35. The monoisotopic (exact) mass is 325 g/mol. The van der Waals surface area contributed by atoms with Crippen molar-refractivity contribution >= 4 is 33.0 Å². The number of carbonyl (C=O) groups excluding carboxylic acids is 1. The van der Waals surface area contributed by atoms with Gasteiger partial charge in [-0.25, -0.2) is 18.5 Å². The van der Waals surface area contributed by atoms with Crippen molar-refractivity contribution in [2.75, 3.05) is 5.32 Å². The van der Waals surface area contributed by atoms with E-state index in [2.05, 4.69) is 10.3 Å². The van der Waals surface area contributed by atoms with Gasteiger partial charge in [0.05, 0.1) is 20.5 Å². The van der Waals surface area contributed by atoms with E-state index in [0.29, 0.717) is 11.3 Å². The maximum absolute atomic E-state index is 11.8. The Labute approximate surface area is 127 Å². The summed E-state index contributed by atoms with van der Waals surface area (Å²) in [6.07, 6.45) is 0. The van der Waals surface area contributed by atoms with Gasteiger partial charge in [0.1, 0.15) is 0 Å². The Bertz CT molecular complexity index is 810. The average molecular weight is 325 g/mol. The van der Waals surface area contributed by atoms with Gasteiger partial charge in [0, 0.05) is 18.2 Å². The molecule has 112 valence electrons. The lowest BCUT2D eigenvalue weighted by atomic mass is 10.1. The summed E-state index contributed by atoms with van der Waals surface area (Å²) in [4.78, 5) is 16.1. The van der Waals surface area contributed by atoms with Gasteiger partial charge in [0.2, 0.25) is 15.9 Å². The molecule has 0 aliphatic heterocycles. The SMILES string of the molecule is CC(=O)Nc1ccc(-c2sc(C)nc2C)c(S(N)(=O)=O)c1. The molecule has 0 atom stereocenters. The number of nitrogens with two attached hydrogens (primary N) is 1. The molecule has 0 saturated carbocycles. The molecule has 0 saturated heterocycles. The highest BCUT2D eigenvalue weighted by molar-refractivity contribution is 7.89. The van der Waals surface area contributed by atoms with Crippen molar-refractivity contribution in [1.29, 1.82) is 0 Å². The van der Waals surface area contributed by atoms with E-state index in [4.69, 9.17) is 5.14 Å². The van der Waals surface area contributed by atoms with Crippen LogP contribution >= 0.6 is 11.3 Å². The molecule has 6 nitrogen and oxygen atoms in total. The summed E-state index contributed by atoms with van der Waals surface area (Å²) >= 11 is 1.40. The van der Waals surface area contributed by atoms with Gasteiger partial charge in [-0.05, 0) is 26.0 Å². The lowest BCUT2D eigenvalue weighted by molar-refractivity contribution is -0.114. The first-order valence-electron chi connectivity index (χ1n) is 6.07. The minimum atomic E-state index is -3.92. The number of sulfonamides is 1. The van der Waals surface area contributed by atoms with Gasteiger partial charge in [-0.1, -0.05) is 6.07 Å². The molecule has 21 heavy (non-hydrogen) atoms. The van der Waals surface area contributed by atoms with E-state index in [9.17, 15) is 13.2 Å². The van der Waals surface area contributed by atoms with Crippen LogP contribution in [0.4, 0.5) is 5.69 Å². The van der Waals surface area contributed by atoms with Gasteiger partial charge < -0.3 is 5.32 Å². The number of rotatable bonds is 3. The van der Waals surface area contributed by atoms with Gasteiger partial charge in [-0.3, -0.25) is 4.79 Å². The van der Waals surface area contributed by atoms with E-state index in [1.165, 1.54) is 24.3 Å². The molecule has 1 heterocycles. The molecule has 0 aliphatic rings. The third-order valence-corrected chi connectivity index (χ3v) is 4.81. The van der Waals surface area contributed by atoms with Crippen LogP contribution in [0.25, 0.3) is 10.4 Å². The Morgan fingerprint density at radius 2 is 2.00 bits per heavy atom. The fourth-order valence-electron chi connectivity index (χ4n) is 2.01. The predicted octanol–water partition coefficient (Wildman–Crippen LogP) is 2.03. The van der Waals surface area contributed by atoms with Crippen molar-refractivity contribution in [2.24, 2.45) is 5.14 Å². The van der Waals surface area contributed by atoms with Gasteiger partial charge in [0.15, 0.2) is 0 Å². The molecule has 3 N–H and O–H groups in total. The zero-order chi connectivity index (χ0) is 15.8. The molecule has 0 fully saturated rings. The van der Waals surface area contributed by atoms with Crippen LogP contribution in [0.15, 0.2) is 23.1 Å². The number of hydrogen-bond acceptors (Lipinski definition) is 5. The summed E-state index contributed by atoms with van der Waals surface area (Å²) < 4.78 is 23.7. The zero-order valence-electron chi connectivity index (χ0n) is 11.8. The fraction of sp³-hybridized carbons (Fsp3) is 0.231. The maximum atomic E-state index is 11.8. The Morgan fingerprint density at radius 1 is 1.33 bits per heavy atom. The van der Waals surface area contributed by atoms with Gasteiger partial charge >= 0.3 is 0 Å². The molecule has 2 rings (SSSR count). The molecule has 1 amide bonds. The van der Waals surface area contributed by atoms with E-state index in [0.717, 1.165) is 15.6 Å². The average Bonchev–Trinajstić information content (AvgIpc) is 2.66. The Balaban J connectivity index is 2.66. The molecular formula is C13H15N3O3S2. The van der Waals surface area contributed by atoms with Crippen LogP contribution < -0.4 is 10.5 Å². The number of hydrogen-bond donors (Lipinski definition) is 2. The van der Waals surface area contributed by atoms with Crippen LogP contribution in [0.3, 0.4) is 0 Å². The number of benzene rings is 1. The van der Waals surface area contributed by atoms with Crippen LogP contribution in [0.2, 0.25) is 0 Å². The fourth-order valence-corrected chi connectivity index (χ4v) is 3.80. The Morgan fingerprint density at radius 3 is 2.48 bits per heavy atom. The smallest absolute Gasteiger partial charge is 0.238 e. The molecule has 0 radical (unpaired) electrons. The summed E-state index contributed by atoms with van der Waals surface area (Å²) in [5.41, 5.74) is 1.62. The van der Waals surface area contributed by atoms with E-state index in [-0.39, 0.29) is 10.8 Å². The second-order valence-electron chi connectivity index (χ2n) is 4.58. The Kier molecular flexibility index (Phi) is 4.13. The van der Waals surface area contributed by atoms with E-state index < -0.39 is 10.0 Å². The standard InChI is InChI=1S/C13H15N3O3S2/c1-7-13(20-9(3)15-7)11-5-4-10(16-8(2)17)6-12(11)21(14,18)19/h4-6H,1-3H3,(H,16,17)(H2,14,18,19). The van der Waals surface area contributed by atoms with Crippen LogP contribution in [0.1, 0.15) is 17.6 Å². The molecule has 2 aromatic rings. The lowest BCUT2D eigenvalue weighted by Gasteiger charge is -2.10. The maximum Gasteiger partial charge on any atom is 0.238 e. The summed E-state index contributed by atoms with van der Waals surface area (Å²) in [7, 11) is -3.92. The minimum Gasteiger partial charge on any atom is -0.326 e. The van der Waals surface area contributed by atoms with E-state index >= 15 is 0 Å². The summed E-state index contributed by atoms with van der Waals surface area (Å²) in [5, 5.41) is 8.68. The van der Waals surface area contributed by atoms with Crippen molar-refractivity contribution < 1.29 is 13.2 Å². The quantitative estimate of drug-likeness (QED) is 0.901. The largest absolute Gasteiger partial charge is 0.326 e. The molecular weight excluding hydrogens is 310 g/mol. The van der Waals surface area contributed by atoms with Crippen molar-refractivity contribution in [3.8, 4) is 10.4 Å². The van der Waals surface area contributed by atoms with Gasteiger partial charge in [0.25, 0.3) is 0 Å². The summed E-state index contributed by atoms with van der Waals surface area (Å²) in [6, 6.07) is 4.63. The number of nitrogens with zero attached hydrogens (tertiary/aromatic N) is 1. The molecule has 0 spiro atoms.